The number of halogens is 2. The van der Waals surface area contributed by atoms with Crippen LogP contribution in [0.2, 0.25) is 0 Å². The second-order valence-corrected chi connectivity index (χ2v) is 7.94. The van der Waals surface area contributed by atoms with Crippen molar-refractivity contribution in [3.8, 4) is 0 Å². The number of nitrogens with one attached hydrogen (secondary N) is 1. The molecule has 19 heavy (non-hydrogen) atoms. The highest BCUT2D eigenvalue weighted by molar-refractivity contribution is 14.1. The van der Waals surface area contributed by atoms with Crippen molar-refractivity contribution < 1.29 is 0 Å². The van der Waals surface area contributed by atoms with Crippen molar-refractivity contribution in [1.29, 1.82) is 0 Å². The molecule has 0 amide bonds. The first-order chi connectivity index (χ1) is 9.02. The molecule has 0 saturated heterocycles. The van der Waals surface area contributed by atoms with Crippen molar-refractivity contribution in [2.45, 2.75) is 39.2 Å². The largest absolute Gasteiger partial charge is 0.271 e. The van der Waals surface area contributed by atoms with Crippen molar-refractivity contribution in [1.82, 2.24) is 5.43 Å². The molecule has 0 spiro atoms. The molecule has 1 aromatic rings. The maximum atomic E-state index is 5.86. The van der Waals surface area contributed by atoms with Crippen LogP contribution in [0, 0.1) is 21.3 Å². The van der Waals surface area contributed by atoms with Gasteiger partial charge in [-0.15, -0.1) is 0 Å². The summed E-state index contributed by atoms with van der Waals surface area (Å²) in [7, 11) is 0. The number of hydrogen-bond acceptors (Lipinski definition) is 2. The maximum Gasteiger partial charge on any atom is 0.0499 e. The van der Waals surface area contributed by atoms with Crippen LogP contribution in [0.1, 0.15) is 44.7 Å². The van der Waals surface area contributed by atoms with Crippen molar-refractivity contribution in [2.75, 3.05) is 0 Å². The molecular weight excluding hydrogens is 415 g/mol. The summed E-state index contributed by atoms with van der Waals surface area (Å²) in [5.74, 6) is 8.12. The molecular formula is C15H22BrIN2. The summed E-state index contributed by atoms with van der Waals surface area (Å²) in [6.45, 7) is 4.74. The van der Waals surface area contributed by atoms with Gasteiger partial charge in [-0.1, -0.05) is 36.2 Å². The molecule has 2 rings (SSSR count). The monoisotopic (exact) mass is 436 g/mol. The molecule has 4 unspecified atom stereocenters. The van der Waals surface area contributed by atoms with Crippen LogP contribution in [-0.2, 0) is 0 Å². The van der Waals surface area contributed by atoms with Crippen LogP contribution in [0.4, 0.5) is 0 Å². The van der Waals surface area contributed by atoms with Gasteiger partial charge in [-0.3, -0.25) is 11.3 Å². The predicted molar refractivity (Wildman–Crippen MR) is 92.6 cm³/mol. The molecule has 0 radical (unpaired) electrons. The van der Waals surface area contributed by atoms with Crippen molar-refractivity contribution in [3.63, 3.8) is 0 Å². The number of nitrogens with two attached hydrogens (primary N) is 1. The third-order valence-corrected chi connectivity index (χ3v) is 5.98. The minimum absolute atomic E-state index is 0.249. The van der Waals surface area contributed by atoms with Gasteiger partial charge in [0.1, 0.15) is 0 Å². The highest BCUT2D eigenvalue weighted by atomic mass is 127. The van der Waals surface area contributed by atoms with Gasteiger partial charge >= 0.3 is 0 Å². The van der Waals surface area contributed by atoms with E-state index in [-0.39, 0.29) is 6.04 Å². The van der Waals surface area contributed by atoms with Gasteiger partial charge in [0.25, 0.3) is 0 Å². The molecule has 1 fully saturated rings. The molecule has 1 aliphatic carbocycles. The van der Waals surface area contributed by atoms with Crippen LogP contribution < -0.4 is 11.3 Å². The molecule has 0 aliphatic heterocycles. The first kappa shape index (κ1) is 15.7. The van der Waals surface area contributed by atoms with E-state index in [9.17, 15) is 0 Å². The molecule has 0 aromatic heterocycles. The third kappa shape index (κ3) is 3.71. The standard InChI is InChI=1S/C15H22BrIN2/c1-9-3-4-11(7-10(9)2)15(19-18)13-8-12(17)5-6-14(13)16/h5-6,8-11,15,19H,3-4,7,18H2,1-2H3. The Morgan fingerprint density at radius 3 is 2.68 bits per heavy atom. The topological polar surface area (TPSA) is 38.0 Å². The van der Waals surface area contributed by atoms with E-state index < -0.39 is 0 Å². The summed E-state index contributed by atoms with van der Waals surface area (Å²) in [4.78, 5) is 0. The van der Waals surface area contributed by atoms with Crippen LogP contribution in [-0.4, -0.2) is 0 Å². The Morgan fingerprint density at radius 1 is 1.32 bits per heavy atom. The van der Waals surface area contributed by atoms with Gasteiger partial charge < -0.3 is 0 Å². The van der Waals surface area contributed by atoms with Crippen LogP contribution in [0.15, 0.2) is 22.7 Å². The van der Waals surface area contributed by atoms with E-state index in [1.165, 1.54) is 28.4 Å². The molecule has 3 N–H and O–H groups in total. The zero-order valence-electron chi connectivity index (χ0n) is 11.5. The second kappa shape index (κ2) is 6.87. The van der Waals surface area contributed by atoms with Gasteiger partial charge in [-0.05, 0) is 76.9 Å². The van der Waals surface area contributed by atoms with Crippen LogP contribution >= 0.6 is 38.5 Å². The lowest BCUT2D eigenvalue weighted by Gasteiger charge is -2.37. The molecule has 1 saturated carbocycles. The minimum atomic E-state index is 0.249. The lowest BCUT2D eigenvalue weighted by atomic mass is 9.72. The highest BCUT2D eigenvalue weighted by Gasteiger charge is 2.31. The first-order valence-corrected chi connectivity index (χ1v) is 8.81. The Kier molecular flexibility index (Phi) is 5.69. The quantitative estimate of drug-likeness (QED) is 0.411. The number of benzene rings is 1. The summed E-state index contributed by atoms with van der Waals surface area (Å²) in [5.41, 5.74) is 4.35. The molecule has 1 aliphatic rings. The molecule has 2 nitrogen and oxygen atoms in total. The fourth-order valence-electron chi connectivity index (χ4n) is 3.12. The zero-order chi connectivity index (χ0) is 14.0. The van der Waals surface area contributed by atoms with Crippen LogP contribution in [0.3, 0.4) is 0 Å². The van der Waals surface area contributed by atoms with Gasteiger partial charge in [0.15, 0.2) is 0 Å². The van der Waals surface area contributed by atoms with Gasteiger partial charge in [-0.2, -0.15) is 0 Å². The zero-order valence-corrected chi connectivity index (χ0v) is 15.2. The van der Waals surface area contributed by atoms with Gasteiger partial charge in [-0.25, -0.2) is 0 Å². The van der Waals surface area contributed by atoms with E-state index in [0.29, 0.717) is 5.92 Å². The normalized spacial score (nSPS) is 29.2. The van der Waals surface area contributed by atoms with Gasteiger partial charge in [0.05, 0.1) is 0 Å². The Hall–Kier alpha value is 0.350. The minimum Gasteiger partial charge on any atom is -0.271 e. The van der Waals surface area contributed by atoms with E-state index in [1.807, 2.05) is 0 Å². The second-order valence-electron chi connectivity index (χ2n) is 5.84. The average molecular weight is 437 g/mol. The smallest absolute Gasteiger partial charge is 0.0499 e. The lowest BCUT2D eigenvalue weighted by molar-refractivity contribution is 0.171. The molecule has 4 atom stereocenters. The first-order valence-electron chi connectivity index (χ1n) is 6.94. The lowest BCUT2D eigenvalue weighted by Crippen LogP contribution is -2.37. The summed E-state index contributed by atoms with van der Waals surface area (Å²) >= 11 is 6.03. The Balaban J connectivity index is 2.22. The Labute approximate surface area is 138 Å². The van der Waals surface area contributed by atoms with E-state index >= 15 is 0 Å². The van der Waals surface area contributed by atoms with Crippen LogP contribution in [0.25, 0.3) is 0 Å². The molecule has 0 heterocycles. The maximum absolute atomic E-state index is 5.86. The SMILES string of the molecule is CC1CCC(C(NN)c2cc(I)ccc2Br)CC1C. The summed E-state index contributed by atoms with van der Waals surface area (Å²) in [6.07, 6.45) is 3.83. The Bertz CT molecular complexity index is 438. The van der Waals surface area contributed by atoms with E-state index in [4.69, 9.17) is 5.84 Å². The fraction of sp³-hybridized carbons (Fsp3) is 0.600. The van der Waals surface area contributed by atoms with Crippen molar-refractivity contribution in [2.24, 2.45) is 23.6 Å². The summed E-state index contributed by atoms with van der Waals surface area (Å²) in [6, 6.07) is 6.72. The van der Waals surface area contributed by atoms with E-state index in [0.717, 1.165) is 16.3 Å². The molecule has 0 bridgehead atoms. The number of rotatable bonds is 3. The van der Waals surface area contributed by atoms with Crippen LogP contribution in [0.5, 0.6) is 0 Å². The Morgan fingerprint density at radius 2 is 2.05 bits per heavy atom. The molecule has 4 heteroatoms. The number of hydrazine groups is 1. The highest BCUT2D eigenvalue weighted by Crippen LogP contribution is 2.41. The van der Waals surface area contributed by atoms with E-state index in [1.54, 1.807) is 0 Å². The van der Waals surface area contributed by atoms with Crippen molar-refractivity contribution in [3.05, 3.63) is 31.8 Å². The molecule has 106 valence electrons. The van der Waals surface area contributed by atoms with E-state index in [2.05, 4.69) is 76.0 Å². The molecule has 1 aromatic carbocycles. The number of hydrogen-bond donors (Lipinski definition) is 2. The fourth-order valence-corrected chi connectivity index (χ4v) is 4.13. The summed E-state index contributed by atoms with van der Waals surface area (Å²) < 4.78 is 2.41. The summed E-state index contributed by atoms with van der Waals surface area (Å²) in [5, 5.41) is 0. The van der Waals surface area contributed by atoms with Gasteiger partial charge in [0.2, 0.25) is 0 Å². The third-order valence-electron chi connectivity index (χ3n) is 4.58. The average Bonchev–Trinajstić information content (AvgIpc) is 2.38. The van der Waals surface area contributed by atoms with Gasteiger partial charge in [0, 0.05) is 14.1 Å². The van der Waals surface area contributed by atoms with Crippen molar-refractivity contribution >= 4 is 38.5 Å². The predicted octanol–water partition coefficient (Wildman–Crippen LogP) is 4.63.